The number of guanidine groups is 2. The fraction of sp³-hybridized carbons (Fsp3) is 0.333. The van der Waals surface area contributed by atoms with Gasteiger partial charge in [-0.15, -0.1) is 0 Å². The normalized spacial score (nSPS) is 19.2. The van der Waals surface area contributed by atoms with Gasteiger partial charge in [0.05, 0.1) is 0 Å². The molecule has 0 bridgehead atoms. The predicted octanol–water partition coefficient (Wildman–Crippen LogP) is 3.77. The lowest BCUT2D eigenvalue weighted by molar-refractivity contribution is 0.305. The number of nitrogens with zero attached hydrogens (tertiary/aromatic N) is 3. The van der Waals surface area contributed by atoms with Crippen LogP contribution in [0.5, 0.6) is 0 Å². The number of benzene rings is 2. The highest BCUT2D eigenvalue weighted by Crippen LogP contribution is 2.41. The van der Waals surface area contributed by atoms with E-state index in [4.69, 9.17) is 16.5 Å². The summed E-state index contributed by atoms with van der Waals surface area (Å²) >= 11 is 0. The van der Waals surface area contributed by atoms with Gasteiger partial charge < -0.3 is 11.5 Å². The minimum Gasteiger partial charge on any atom is -0.369 e. The summed E-state index contributed by atoms with van der Waals surface area (Å²) < 4.78 is 0. The van der Waals surface area contributed by atoms with Crippen LogP contribution in [-0.4, -0.2) is 17.6 Å². The summed E-state index contributed by atoms with van der Waals surface area (Å²) in [5, 5.41) is 0. The molecule has 1 saturated carbocycles. The molecule has 0 saturated heterocycles. The third kappa shape index (κ3) is 2.83. The molecule has 2 aromatic carbocycles. The van der Waals surface area contributed by atoms with Gasteiger partial charge in [0.2, 0.25) is 11.9 Å². The zero-order valence-corrected chi connectivity index (χ0v) is 15.2. The summed E-state index contributed by atoms with van der Waals surface area (Å²) in [6.07, 6.45) is 5.38. The van der Waals surface area contributed by atoms with E-state index in [2.05, 4.69) is 59.3 Å². The molecule has 2 aliphatic rings. The number of hydrogen-bond donors (Lipinski definition) is 2. The molecule has 1 aliphatic carbocycles. The van der Waals surface area contributed by atoms with Gasteiger partial charge in [-0.25, -0.2) is 4.99 Å². The molecule has 1 heterocycles. The van der Waals surface area contributed by atoms with Crippen LogP contribution in [0.2, 0.25) is 0 Å². The molecule has 2 aromatic rings. The standard InChI is InChI=1S/C21H25N5/c1-15-14-17(16-8-4-2-5-9-16)10-11-18(15)26-20(23)24-19(22)25-21(26)12-6-3-7-13-21/h2,4-5,8-11,14H,3,6-7,12-13H2,1H3,(H4,22,23,24,25). The van der Waals surface area contributed by atoms with E-state index in [1.165, 1.54) is 17.5 Å². The summed E-state index contributed by atoms with van der Waals surface area (Å²) in [5.41, 5.74) is 16.5. The maximum atomic E-state index is 6.34. The third-order valence-electron chi connectivity index (χ3n) is 5.40. The number of nitrogens with two attached hydrogens (primary N) is 2. The molecule has 1 spiro atoms. The van der Waals surface area contributed by atoms with Gasteiger partial charge in [0.25, 0.3) is 0 Å². The Kier molecular flexibility index (Phi) is 4.15. The van der Waals surface area contributed by atoms with Crippen molar-refractivity contribution in [2.45, 2.75) is 44.7 Å². The number of hydrogen-bond acceptors (Lipinski definition) is 5. The fourth-order valence-electron chi connectivity index (χ4n) is 4.19. The van der Waals surface area contributed by atoms with Gasteiger partial charge in [-0.05, 0) is 61.4 Å². The number of rotatable bonds is 2. The smallest absolute Gasteiger partial charge is 0.220 e. The lowest BCUT2D eigenvalue weighted by atomic mass is 9.86. The van der Waals surface area contributed by atoms with Gasteiger partial charge in [0.1, 0.15) is 5.66 Å². The summed E-state index contributed by atoms with van der Waals surface area (Å²) in [6, 6.07) is 16.9. The quantitative estimate of drug-likeness (QED) is 0.868. The van der Waals surface area contributed by atoms with Crippen molar-refractivity contribution in [2.24, 2.45) is 21.5 Å². The van der Waals surface area contributed by atoms with Crippen LogP contribution in [-0.2, 0) is 0 Å². The second-order valence-corrected chi connectivity index (χ2v) is 7.19. The average molecular weight is 347 g/mol. The van der Waals surface area contributed by atoms with Crippen molar-refractivity contribution in [3.63, 3.8) is 0 Å². The molecule has 26 heavy (non-hydrogen) atoms. The molecule has 0 atom stereocenters. The summed E-state index contributed by atoms with van der Waals surface area (Å²) in [4.78, 5) is 11.1. The van der Waals surface area contributed by atoms with E-state index in [1.54, 1.807) is 0 Å². The van der Waals surface area contributed by atoms with Crippen molar-refractivity contribution in [2.75, 3.05) is 4.90 Å². The first-order valence-electron chi connectivity index (χ1n) is 9.25. The Morgan fingerprint density at radius 2 is 1.65 bits per heavy atom. The van der Waals surface area contributed by atoms with Gasteiger partial charge >= 0.3 is 0 Å². The zero-order chi connectivity index (χ0) is 18.1. The molecular formula is C21H25N5. The van der Waals surface area contributed by atoms with E-state index in [9.17, 15) is 0 Å². The number of anilines is 1. The van der Waals surface area contributed by atoms with Crippen LogP contribution >= 0.6 is 0 Å². The first-order chi connectivity index (χ1) is 12.6. The second-order valence-electron chi connectivity index (χ2n) is 7.19. The van der Waals surface area contributed by atoms with Gasteiger partial charge in [-0.2, -0.15) is 4.99 Å². The second kappa shape index (κ2) is 6.48. The summed E-state index contributed by atoms with van der Waals surface area (Å²) in [7, 11) is 0. The zero-order valence-electron chi connectivity index (χ0n) is 15.2. The van der Waals surface area contributed by atoms with E-state index < -0.39 is 5.66 Å². The Labute approximate surface area is 154 Å². The van der Waals surface area contributed by atoms with Crippen LogP contribution in [0.4, 0.5) is 5.69 Å². The maximum Gasteiger partial charge on any atom is 0.220 e. The molecular weight excluding hydrogens is 322 g/mol. The summed E-state index contributed by atoms with van der Waals surface area (Å²) in [6.45, 7) is 2.12. The van der Waals surface area contributed by atoms with Gasteiger partial charge in [-0.1, -0.05) is 42.8 Å². The molecule has 1 aliphatic heterocycles. The van der Waals surface area contributed by atoms with Crippen molar-refractivity contribution >= 4 is 17.6 Å². The average Bonchev–Trinajstić information content (AvgIpc) is 2.64. The Balaban J connectivity index is 1.77. The van der Waals surface area contributed by atoms with E-state index in [1.807, 2.05) is 6.07 Å². The SMILES string of the molecule is Cc1cc(-c2ccccc2)ccc1N1C(N)=NC(N)=NC12CCCCC2. The minimum absolute atomic E-state index is 0.291. The topological polar surface area (TPSA) is 80.0 Å². The maximum absolute atomic E-state index is 6.34. The molecule has 4 N–H and O–H groups in total. The fourth-order valence-corrected chi connectivity index (χ4v) is 4.19. The van der Waals surface area contributed by atoms with Crippen molar-refractivity contribution in [3.8, 4) is 11.1 Å². The Morgan fingerprint density at radius 3 is 2.35 bits per heavy atom. The van der Waals surface area contributed by atoms with Gasteiger partial charge in [-0.3, -0.25) is 4.90 Å². The molecule has 0 radical (unpaired) electrons. The van der Waals surface area contributed by atoms with Crippen molar-refractivity contribution in [1.82, 2.24) is 0 Å². The van der Waals surface area contributed by atoms with E-state index >= 15 is 0 Å². The van der Waals surface area contributed by atoms with Crippen LogP contribution in [0.1, 0.15) is 37.7 Å². The molecule has 134 valence electrons. The van der Waals surface area contributed by atoms with Gasteiger partial charge in [0.15, 0.2) is 0 Å². The van der Waals surface area contributed by atoms with Crippen molar-refractivity contribution in [3.05, 3.63) is 54.1 Å². The van der Waals surface area contributed by atoms with Crippen LogP contribution in [0.25, 0.3) is 11.1 Å². The van der Waals surface area contributed by atoms with Crippen molar-refractivity contribution in [1.29, 1.82) is 0 Å². The van der Waals surface area contributed by atoms with Crippen LogP contribution in [0.15, 0.2) is 58.5 Å². The molecule has 0 unspecified atom stereocenters. The molecule has 0 amide bonds. The molecule has 0 aromatic heterocycles. The molecule has 1 fully saturated rings. The highest BCUT2D eigenvalue weighted by Gasteiger charge is 2.42. The molecule has 5 nitrogen and oxygen atoms in total. The monoisotopic (exact) mass is 347 g/mol. The van der Waals surface area contributed by atoms with E-state index in [-0.39, 0.29) is 0 Å². The van der Waals surface area contributed by atoms with Crippen LogP contribution in [0.3, 0.4) is 0 Å². The minimum atomic E-state index is -0.396. The highest BCUT2D eigenvalue weighted by molar-refractivity contribution is 6.06. The predicted molar refractivity (Wildman–Crippen MR) is 108 cm³/mol. The Hall–Kier alpha value is -2.82. The lowest BCUT2D eigenvalue weighted by Crippen LogP contribution is -2.58. The largest absolute Gasteiger partial charge is 0.369 e. The molecule has 4 rings (SSSR count). The Morgan fingerprint density at radius 1 is 0.923 bits per heavy atom. The van der Waals surface area contributed by atoms with Gasteiger partial charge in [0, 0.05) is 5.69 Å². The summed E-state index contributed by atoms with van der Waals surface area (Å²) in [5.74, 6) is 0.731. The molecule has 5 heteroatoms. The first kappa shape index (κ1) is 16.6. The van der Waals surface area contributed by atoms with Crippen LogP contribution in [0, 0.1) is 6.92 Å². The number of aryl methyl sites for hydroxylation is 1. The highest BCUT2D eigenvalue weighted by atomic mass is 15.4. The van der Waals surface area contributed by atoms with Crippen molar-refractivity contribution < 1.29 is 0 Å². The third-order valence-corrected chi connectivity index (χ3v) is 5.40. The first-order valence-corrected chi connectivity index (χ1v) is 9.25. The van der Waals surface area contributed by atoms with E-state index in [0.717, 1.165) is 36.9 Å². The van der Waals surface area contributed by atoms with E-state index in [0.29, 0.717) is 11.9 Å². The Bertz CT molecular complexity index is 863. The van der Waals surface area contributed by atoms with Crippen LogP contribution < -0.4 is 16.4 Å². The number of aliphatic imine (C=N–C) groups is 2. The lowest BCUT2D eigenvalue weighted by Gasteiger charge is -2.46.